The van der Waals surface area contributed by atoms with Crippen LogP contribution in [0.5, 0.6) is 5.75 Å². The van der Waals surface area contributed by atoms with Crippen LogP contribution in [-0.4, -0.2) is 30.1 Å². The molecule has 1 unspecified atom stereocenters. The summed E-state index contributed by atoms with van der Waals surface area (Å²) in [7, 11) is 0. The third-order valence-corrected chi connectivity index (χ3v) is 2.90. The average molecular weight is 249 g/mol. The molecule has 0 aliphatic carbocycles. The lowest BCUT2D eigenvalue weighted by atomic mass is 9.93. The van der Waals surface area contributed by atoms with Crippen molar-refractivity contribution in [2.45, 2.75) is 32.8 Å². The molecule has 2 heterocycles. The molecule has 1 aromatic rings. The Balaban J connectivity index is 2.09. The van der Waals surface area contributed by atoms with Gasteiger partial charge in [-0.1, -0.05) is 0 Å². The van der Waals surface area contributed by atoms with E-state index in [2.05, 4.69) is 4.98 Å². The first-order chi connectivity index (χ1) is 8.66. The topological polar surface area (TPSA) is 48.4 Å². The van der Waals surface area contributed by atoms with Gasteiger partial charge in [0.1, 0.15) is 5.75 Å². The Morgan fingerprint density at radius 3 is 3.00 bits per heavy atom. The van der Waals surface area contributed by atoms with Gasteiger partial charge in [-0.3, -0.25) is 9.78 Å². The van der Waals surface area contributed by atoms with Gasteiger partial charge < -0.3 is 9.47 Å². The molecule has 18 heavy (non-hydrogen) atoms. The second-order valence-electron chi connectivity index (χ2n) is 4.85. The van der Waals surface area contributed by atoms with Crippen LogP contribution in [0.2, 0.25) is 0 Å². The predicted octanol–water partition coefficient (Wildman–Crippen LogP) is 2.48. The van der Waals surface area contributed by atoms with Crippen LogP contribution in [0, 0.1) is 5.92 Å². The normalized spacial score (nSPS) is 19.8. The molecule has 0 amide bonds. The van der Waals surface area contributed by atoms with Gasteiger partial charge >= 0.3 is 0 Å². The number of rotatable bonds is 4. The second-order valence-corrected chi connectivity index (χ2v) is 4.85. The number of ether oxygens (including phenoxy) is 2. The number of nitrogens with zero attached hydrogens (tertiary/aromatic N) is 1. The first-order valence-electron chi connectivity index (χ1n) is 6.40. The number of ketones is 1. The van der Waals surface area contributed by atoms with Crippen molar-refractivity contribution in [3.8, 4) is 5.75 Å². The number of carbonyl (C=O) groups excluding carboxylic acids is 1. The summed E-state index contributed by atoms with van der Waals surface area (Å²) in [6.45, 7) is 5.18. The molecule has 0 N–H and O–H groups in total. The summed E-state index contributed by atoms with van der Waals surface area (Å²) in [5.74, 6) is 0.721. The zero-order chi connectivity index (χ0) is 13.0. The lowest BCUT2D eigenvalue weighted by Gasteiger charge is -2.21. The van der Waals surface area contributed by atoms with Crippen molar-refractivity contribution in [2.24, 2.45) is 5.92 Å². The Morgan fingerprint density at radius 1 is 1.50 bits per heavy atom. The third kappa shape index (κ3) is 3.29. The minimum atomic E-state index is -0.0325. The summed E-state index contributed by atoms with van der Waals surface area (Å²) < 4.78 is 10.9. The maximum absolute atomic E-state index is 12.3. The molecule has 4 nitrogen and oxygen atoms in total. The monoisotopic (exact) mass is 249 g/mol. The van der Waals surface area contributed by atoms with Crippen LogP contribution in [0.4, 0.5) is 0 Å². The maximum atomic E-state index is 12.3. The van der Waals surface area contributed by atoms with Crippen LogP contribution >= 0.6 is 0 Å². The lowest BCUT2D eigenvalue weighted by molar-refractivity contribution is 0.0460. The number of hydrogen-bond acceptors (Lipinski definition) is 4. The van der Waals surface area contributed by atoms with Gasteiger partial charge in [-0.25, -0.2) is 0 Å². The lowest BCUT2D eigenvalue weighted by Crippen LogP contribution is -2.25. The van der Waals surface area contributed by atoms with Crippen molar-refractivity contribution in [3.63, 3.8) is 0 Å². The molecule has 98 valence electrons. The van der Waals surface area contributed by atoms with Gasteiger partial charge in [-0.05, 0) is 32.8 Å². The van der Waals surface area contributed by atoms with Crippen LogP contribution in [0.15, 0.2) is 18.5 Å². The summed E-state index contributed by atoms with van der Waals surface area (Å²) in [4.78, 5) is 16.3. The Bertz CT molecular complexity index is 411. The predicted molar refractivity (Wildman–Crippen MR) is 67.9 cm³/mol. The minimum Gasteiger partial charge on any atom is -0.489 e. The molecule has 4 heteroatoms. The number of pyridine rings is 1. The van der Waals surface area contributed by atoms with E-state index in [4.69, 9.17) is 9.47 Å². The molecule has 1 aliphatic heterocycles. The molecule has 0 bridgehead atoms. The molecule has 0 aromatic carbocycles. The number of aromatic nitrogens is 1. The fourth-order valence-corrected chi connectivity index (χ4v) is 2.07. The van der Waals surface area contributed by atoms with E-state index in [0.717, 1.165) is 19.4 Å². The van der Waals surface area contributed by atoms with Crippen molar-refractivity contribution in [1.82, 2.24) is 4.98 Å². The Labute approximate surface area is 107 Å². The highest BCUT2D eigenvalue weighted by Gasteiger charge is 2.23. The summed E-state index contributed by atoms with van der Waals surface area (Å²) >= 11 is 0. The minimum absolute atomic E-state index is 0.0325. The van der Waals surface area contributed by atoms with Crippen molar-refractivity contribution in [3.05, 3.63) is 24.0 Å². The van der Waals surface area contributed by atoms with E-state index in [-0.39, 0.29) is 17.8 Å². The zero-order valence-electron chi connectivity index (χ0n) is 10.9. The van der Waals surface area contributed by atoms with Crippen LogP contribution in [0.3, 0.4) is 0 Å². The number of carbonyl (C=O) groups is 1. The van der Waals surface area contributed by atoms with Gasteiger partial charge in [-0.15, -0.1) is 0 Å². The van der Waals surface area contributed by atoms with E-state index in [1.54, 1.807) is 18.5 Å². The van der Waals surface area contributed by atoms with Gasteiger partial charge in [0.25, 0.3) is 0 Å². The van der Waals surface area contributed by atoms with E-state index < -0.39 is 0 Å². The van der Waals surface area contributed by atoms with E-state index in [1.165, 1.54) is 0 Å². The molecule has 1 aromatic heterocycles. The Hall–Kier alpha value is -1.42. The third-order valence-electron chi connectivity index (χ3n) is 2.90. The number of hydrogen-bond donors (Lipinski definition) is 0. The summed E-state index contributed by atoms with van der Waals surface area (Å²) in [6.07, 6.45) is 5.16. The summed E-state index contributed by atoms with van der Waals surface area (Å²) in [5, 5.41) is 0. The van der Waals surface area contributed by atoms with Gasteiger partial charge in [0.05, 0.1) is 18.9 Å². The molecule has 1 aliphatic rings. The van der Waals surface area contributed by atoms with Gasteiger partial charge in [0.15, 0.2) is 5.78 Å². The Kier molecular flexibility index (Phi) is 4.31. The highest BCUT2D eigenvalue weighted by atomic mass is 16.5. The molecular weight excluding hydrogens is 230 g/mol. The molecule has 2 rings (SSSR count). The van der Waals surface area contributed by atoms with Crippen molar-refractivity contribution in [2.75, 3.05) is 13.2 Å². The molecule has 1 atom stereocenters. The van der Waals surface area contributed by atoms with Crippen LogP contribution in [0.25, 0.3) is 0 Å². The average Bonchev–Trinajstić information content (AvgIpc) is 2.38. The molecule has 1 saturated heterocycles. The standard InChI is InChI=1S/C14H19NO3/c1-10(2)18-13-6-12(7-15-8-13)14(16)11-4-3-5-17-9-11/h6-8,10-11H,3-5,9H2,1-2H3. The quantitative estimate of drug-likeness (QED) is 0.769. The van der Waals surface area contributed by atoms with Crippen molar-refractivity contribution in [1.29, 1.82) is 0 Å². The highest BCUT2D eigenvalue weighted by molar-refractivity contribution is 5.98. The van der Waals surface area contributed by atoms with E-state index in [0.29, 0.717) is 17.9 Å². The zero-order valence-corrected chi connectivity index (χ0v) is 10.9. The molecule has 0 spiro atoms. The molecule has 1 fully saturated rings. The fourth-order valence-electron chi connectivity index (χ4n) is 2.07. The second kappa shape index (κ2) is 5.96. The fraction of sp³-hybridized carbons (Fsp3) is 0.571. The van der Waals surface area contributed by atoms with E-state index in [9.17, 15) is 4.79 Å². The van der Waals surface area contributed by atoms with E-state index in [1.807, 2.05) is 13.8 Å². The molecule has 0 saturated carbocycles. The first-order valence-corrected chi connectivity index (χ1v) is 6.40. The number of Topliss-reactive ketones (excluding diaryl/α,β-unsaturated/α-hetero) is 1. The molecular formula is C14H19NO3. The van der Waals surface area contributed by atoms with Crippen LogP contribution in [-0.2, 0) is 4.74 Å². The van der Waals surface area contributed by atoms with Gasteiger partial charge in [0, 0.05) is 24.3 Å². The smallest absolute Gasteiger partial charge is 0.169 e. The van der Waals surface area contributed by atoms with Crippen LogP contribution in [0.1, 0.15) is 37.0 Å². The van der Waals surface area contributed by atoms with Gasteiger partial charge in [-0.2, -0.15) is 0 Å². The summed E-state index contributed by atoms with van der Waals surface area (Å²) in [5.41, 5.74) is 0.614. The van der Waals surface area contributed by atoms with Crippen molar-refractivity contribution < 1.29 is 14.3 Å². The highest BCUT2D eigenvalue weighted by Crippen LogP contribution is 2.21. The molecule has 0 radical (unpaired) electrons. The van der Waals surface area contributed by atoms with Crippen molar-refractivity contribution >= 4 is 5.78 Å². The summed E-state index contributed by atoms with van der Waals surface area (Å²) in [6, 6.07) is 1.77. The van der Waals surface area contributed by atoms with Crippen LogP contribution < -0.4 is 4.74 Å². The van der Waals surface area contributed by atoms with E-state index >= 15 is 0 Å². The Morgan fingerprint density at radius 2 is 2.33 bits per heavy atom. The first kappa shape index (κ1) is 13.0. The SMILES string of the molecule is CC(C)Oc1cncc(C(=O)C2CCCOC2)c1. The largest absolute Gasteiger partial charge is 0.489 e. The van der Waals surface area contributed by atoms with Gasteiger partial charge in [0.2, 0.25) is 0 Å². The maximum Gasteiger partial charge on any atom is 0.169 e.